The maximum atomic E-state index is 12.3. The minimum Gasteiger partial charge on any atom is -0.480 e. The molecule has 0 aromatic heterocycles. The van der Waals surface area contributed by atoms with Crippen molar-refractivity contribution in [1.82, 2.24) is 21.3 Å². The smallest absolute Gasteiger partial charge is 0.407 e. The van der Waals surface area contributed by atoms with Crippen LogP contribution in [0.15, 0.2) is 0 Å². The molecule has 0 aliphatic carbocycles. The maximum Gasteiger partial charge on any atom is 0.407 e. The summed E-state index contributed by atoms with van der Waals surface area (Å²) >= 11 is 0. The molecule has 0 aliphatic heterocycles. The Morgan fingerprint density at radius 3 is 1.95 bits per heavy atom. The Balaban J connectivity index is 4.33. The Hall–Kier alpha value is -3.20. The van der Waals surface area contributed by atoms with Crippen molar-refractivity contribution in [2.24, 2.45) is 11.5 Å². The van der Waals surface area contributed by atoms with Gasteiger partial charge in [-0.05, 0) is 39.2 Å². The summed E-state index contributed by atoms with van der Waals surface area (Å²) in [6, 6.07) is -3.71. The third-order valence-corrected chi connectivity index (χ3v) is 6.86. The van der Waals surface area contributed by atoms with E-state index in [1.54, 1.807) is 0 Å². The van der Waals surface area contributed by atoms with Gasteiger partial charge < -0.3 is 42.6 Å². The molecule has 0 aliphatic rings. The number of primary amides is 1. The number of hydrogen-bond donors (Lipinski definition) is 7. The molecule has 0 aromatic carbocycles. The van der Waals surface area contributed by atoms with Crippen molar-refractivity contribution >= 4 is 43.8 Å². The molecule has 212 valence electrons. The average molecular weight is 547 g/mol. The molecular weight excluding hydrogens is 504 g/mol. The molecule has 37 heavy (non-hydrogen) atoms. The van der Waals surface area contributed by atoms with E-state index in [4.69, 9.17) is 21.3 Å². The topological polar surface area (TPSA) is 232 Å². The predicted molar refractivity (Wildman–Crippen MR) is 138 cm³/mol. The molecule has 0 saturated carbocycles. The third kappa shape index (κ3) is 16.2. The standard InChI is InChI=1S/C22H42N6O8Si/c1-13(18(30)26-14(2)19(31)28-16(21(33)34)12-17(24)29)27-20(32)15(23)8-6-7-9-25-22(35)36-10-11-37(3,4)5/h13-16H,6-12,23H2,1-5H3,(H2,24,29)(H,25,35)(H,26,30)(H,27,32)(H,28,31)(H,33,34)/t13-,14-,15-,16-/m0/s1. The van der Waals surface area contributed by atoms with Crippen molar-refractivity contribution in [3.8, 4) is 0 Å². The third-order valence-electron chi connectivity index (χ3n) is 5.16. The van der Waals surface area contributed by atoms with Gasteiger partial charge >= 0.3 is 12.1 Å². The van der Waals surface area contributed by atoms with Gasteiger partial charge in [0.15, 0.2) is 0 Å². The lowest BCUT2D eigenvalue weighted by Crippen LogP contribution is -2.55. The lowest BCUT2D eigenvalue weighted by molar-refractivity contribution is -0.143. The number of carbonyl (C=O) groups is 6. The summed E-state index contributed by atoms with van der Waals surface area (Å²) in [6.07, 6.45) is 0.374. The summed E-state index contributed by atoms with van der Waals surface area (Å²) in [7, 11) is -1.27. The van der Waals surface area contributed by atoms with Crippen LogP contribution in [0.1, 0.15) is 39.5 Å². The van der Waals surface area contributed by atoms with Gasteiger partial charge in [0.2, 0.25) is 23.6 Å². The lowest BCUT2D eigenvalue weighted by Gasteiger charge is -2.21. The van der Waals surface area contributed by atoms with E-state index >= 15 is 0 Å². The molecule has 0 spiro atoms. The van der Waals surface area contributed by atoms with Crippen LogP contribution in [0.4, 0.5) is 4.79 Å². The number of amides is 5. The predicted octanol–water partition coefficient (Wildman–Crippen LogP) is -0.997. The van der Waals surface area contributed by atoms with Crippen LogP contribution in [-0.4, -0.2) is 86.2 Å². The largest absolute Gasteiger partial charge is 0.480 e. The van der Waals surface area contributed by atoms with E-state index < -0.39 is 74.4 Å². The number of ether oxygens (including phenoxy) is 1. The number of nitrogens with one attached hydrogen (secondary N) is 4. The van der Waals surface area contributed by atoms with Gasteiger partial charge in [-0.3, -0.25) is 19.2 Å². The van der Waals surface area contributed by atoms with Crippen LogP contribution in [0, 0.1) is 0 Å². The van der Waals surface area contributed by atoms with Crippen LogP contribution in [0.5, 0.6) is 0 Å². The number of rotatable bonds is 17. The lowest BCUT2D eigenvalue weighted by atomic mass is 10.1. The normalized spacial score (nSPS) is 14.3. The molecule has 4 atom stereocenters. The van der Waals surface area contributed by atoms with Crippen LogP contribution in [0.2, 0.25) is 25.7 Å². The fraction of sp³-hybridized carbons (Fsp3) is 0.727. The van der Waals surface area contributed by atoms with Crippen LogP contribution >= 0.6 is 0 Å². The number of carboxylic acid groups (broad SMARTS) is 1. The molecule has 9 N–H and O–H groups in total. The van der Waals surface area contributed by atoms with Gasteiger partial charge in [0.1, 0.15) is 18.1 Å². The van der Waals surface area contributed by atoms with Gasteiger partial charge in [0.05, 0.1) is 19.1 Å². The second-order valence-electron chi connectivity index (χ2n) is 10.0. The molecule has 15 heteroatoms. The zero-order valence-electron chi connectivity index (χ0n) is 22.2. The van der Waals surface area contributed by atoms with E-state index in [0.717, 1.165) is 6.04 Å². The summed E-state index contributed by atoms with van der Waals surface area (Å²) in [5, 5.41) is 18.6. The van der Waals surface area contributed by atoms with Crippen molar-refractivity contribution in [3.63, 3.8) is 0 Å². The van der Waals surface area contributed by atoms with Crippen molar-refractivity contribution < 1.29 is 38.6 Å². The van der Waals surface area contributed by atoms with E-state index in [9.17, 15) is 28.8 Å². The van der Waals surface area contributed by atoms with E-state index in [1.807, 2.05) is 0 Å². The second kappa shape index (κ2) is 16.5. The van der Waals surface area contributed by atoms with E-state index in [2.05, 4.69) is 40.9 Å². The van der Waals surface area contributed by atoms with Crippen LogP contribution in [0.3, 0.4) is 0 Å². The van der Waals surface area contributed by atoms with Gasteiger partial charge in [0, 0.05) is 14.6 Å². The zero-order valence-corrected chi connectivity index (χ0v) is 23.2. The SMILES string of the molecule is C[C@H](NC(=O)[C@H](C)NC(=O)[C@@H](N)CCCCNC(=O)OCC[Si](C)(C)C)C(=O)N[C@@H](CC(N)=O)C(=O)O. The summed E-state index contributed by atoms with van der Waals surface area (Å²) in [5.41, 5.74) is 10.8. The number of carboxylic acids is 1. The number of nitrogens with two attached hydrogens (primary N) is 2. The molecule has 0 aromatic rings. The summed E-state index contributed by atoms with van der Waals surface area (Å²) < 4.78 is 5.12. The fourth-order valence-corrected chi connectivity index (χ4v) is 3.51. The Kier molecular flexibility index (Phi) is 15.1. The minimum absolute atomic E-state index is 0.321. The molecule has 5 amide bonds. The Morgan fingerprint density at radius 1 is 0.892 bits per heavy atom. The minimum atomic E-state index is -1.53. The Labute approximate surface area is 218 Å². The molecule has 0 bridgehead atoms. The van der Waals surface area contributed by atoms with Crippen LogP contribution < -0.4 is 32.7 Å². The van der Waals surface area contributed by atoms with Gasteiger partial charge in [0.25, 0.3) is 0 Å². The molecule has 0 fully saturated rings. The number of hydrogen-bond acceptors (Lipinski definition) is 8. The molecule has 0 radical (unpaired) electrons. The highest BCUT2D eigenvalue weighted by Crippen LogP contribution is 2.07. The van der Waals surface area contributed by atoms with E-state index in [1.165, 1.54) is 13.8 Å². The van der Waals surface area contributed by atoms with E-state index in [-0.39, 0.29) is 0 Å². The first-order valence-corrected chi connectivity index (χ1v) is 15.8. The quantitative estimate of drug-likeness (QED) is 0.0874. The van der Waals surface area contributed by atoms with Gasteiger partial charge in [-0.15, -0.1) is 0 Å². The molecule has 0 saturated heterocycles. The zero-order chi connectivity index (χ0) is 28.8. The van der Waals surface area contributed by atoms with Gasteiger partial charge in [-0.2, -0.15) is 0 Å². The first-order chi connectivity index (χ1) is 17.0. The van der Waals surface area contributed by atoms with Crippen LogP contribution in [0.25, 0.3) is 0 Å². The highest BCUT2D eigenvalue weighted by atomic mass is 28.3. The highest BCUT2D eigenvalue weighted by Gasteiger charge is 2.27. The Morgan fingerprint density at radius 2 is 1.43 bits per heavy atom. The number of carbonyl (C=O) groups excluding carboxylic acids is 5. The molecule has 0 rings (SSSR count). The average Bonchev–Trinajstić information content (AvgIpc) is 2.76. The second-order valence-corrected chi connectivity index (χ2v) is 15.6. The number of unbranched alkanes of at least 4 members (excludes halogenated alkanes) is 1. The number of aliphatic carboxylic acids is 1. The Bertz CT molecular complexity index is 819. The van der Waals surface area contributed by atoms with Gasteiger partial charge in [-0.1, -0.05) is 19.6 Å². The molecule has 0 unspecified atom stereocenters. The van der Waals surface area contributed by atoms with Crippen molar-refractivity contribution in [2.75, 3.05) is 13.2 Å². The van der Waals surface area contributed by atoms with Crippen LogP contribution in [-0.2, 0) is 28.7 Å². The van der Waals surface area contributed by atoms with Gasteiger partial charge in [-0.25, -0.2) is 9.59 Å². The number of alkyl carbamates (subject to hydrolysis) is 1. The first kappa shape index (κ1) is 33.8. The molecule has 0 heterocycles. The van der Waals surface area contributed by atoms with E-state index in [0.29, 0.717) is 32.4 Å². The monoisotopic (exact) mass is 546 g/mol. The summed E-state index contributed by atoms with van der Waals surface area (Å²) in [4.78, 5) is 70.5. The molecular formula is C22H42N6O8Si. The maximum absolute atomic E-state index is 12.3. The fourth-order valence-electron chi connectivity index (χ4n) is 2.80. The molecule has 14 nitrogen and oxygen atoms in total. The van der Waals surface area contributed by atoms with Crippen molar-refractivity contribution in [1.29, 1.82) is 0 Å². The summed E-state index contributed by atoms with van der Waals surface area (Å²) in [6.45, 7) is 10.0. The highest BCUT2D eigenvalue weighted by molar-refractivity contribution is 6.76. The van der Waals surface area contributed by atoms with Crippen molar-refractivity contribution in [3.05, 3.63) is 0 Å². The van der Waals surface area contributed by atoms with Crippen molar-refractivity contribution in [2.45, 2.75) is 89.4 Å². The first-order valence-electron chi connectivity index (χ1n) is 12.1. The summed E-state index contributed by atoms with van der Waals surface area (Å²) in [5.74, 6) is -4.46.